The fourth-order valence-corrected chi connectivity index (χ4v) is 3.38. The highest BCUT2D eigenvalue weighted by atomic mass is 19.1. The molecule has 0 fully saturated rings. The van der Waals surface area contributed by atoms with Crippen LogP contribution < -0.4 is 16.1 Å². The highest BCUT2D eigenvalue weighted by Gasteiger charge is 2.35. The Morgan fingerprint density at radius 1 is 1.16 bits per heavy atom. The van der Waals surface area contributed by atoms with Gasteiger partial charge in [0.05, 0.1) is 18.3 Å². The van der Waals surface area contributed by atoms with Gasteiger partial charge in [-0.1, -0.05) is 30.3 Å². The second-order valence-corrected chi connectivity index (χ2v) is 7.04. The molecule has 9 nitrogen and oxygen atoms in total. The van der Waals surface area contributed by atoms with Crippen molar-refractivity contribution >= 4 is 23.2 Å². The number of nitrogens with zero attached hydrogens (tertiary/aromatic N) is 5. The number of aromatic nitrogens is 3. The van der Waals surface area contributed by atoms with Crippen molar-refractivity contribution in [3.63, 3.8) is 0 Å². The summed E-state index contributed by atoms with van der Waals surface area (Å²) >= 11 is 0. The number of carbonyl (C=O) groups is 2. The summed E-state index contributed by atoms with van der Waals surface area (Å²) in [4.78, 5) is 28.9. The molecule has 1 aliphatic heterocycles. The number of rotatable bonds is 7. The molecule has 2 aromatic carbocycles. The number of nitrogens with two attached hydrogens (primary N) is 1. The van der Waals surface area contributed by atoms with Crippen molar-refractivity contribution in [2.75, 3.05) is 5.01 Å². The molecular formula is C21H20FN7O2. The van der Waals surface area contributed by atoms with Crippen LogP contribution in [0.3, 0.4) is 0 Å². The third-order valence-electron chi connectivity index (χ3n) is 4.94. The minimum Gasteiger partial charge on any atom is -0.368 e. The Kier molecular flexibility index (Phi) is 5.69. The summed E-state index contributed by atoms with van der Waals surface area (Å²) < 4.78 is 14.9. The van der Waals surface area contributed by atoms with Crippen LogP contribution in [0.4, 0.5) is 10.1 Å². The second kappa shape index (κ2) is 8.74. The molecule has 0 radical (unpaired) electrons. The van der Waals surface area contributed by atoms with Crippen molar-refractivity contribution in [2.24, 2.45) is 10.8 Å². The monoisotopic (exact) mass is 421 g/mol. The van der Waals surface area contributed by atoms with Crippen molar-refractivity contribution in [1.29, 1.82) is 0 Å². The molecule has 0 aliphatic carbocycles. The van der Waals surface area contributed by atoms with E-state index in [0.29, 0.717) is 12.2 Å². The van der Waals surface area contributed by atoms with Gasteiger partial charge in [-0.25, -0.2) is 9.37 Å². The number of nitrogens with one attached hydrogen (secondary N) is 1. The molecule has 0 saturated heterocycles. The van der Waals surface area contributed by atoms with Gasteiger partial charge < -0.3 is 11.1 Å². The van der Waals surface area contributed by atoms with Crippen LogP contribution in [0.2, 0.25) is 0 Å². The lowest BCUT2D eigenvalue weighted by Crippen LogP contribution is -2.40. The molecule has 10 heteroatoms. The highest BCUT2D eigenvalue weighted by molar-refractivity contribution is 6.40. The first-order chi connectivity index (χ1) is 15.0. The molecule has 2 heterocycles. The zero-order valence-electron chi connectivity index (χ0n) is 16.4. The van der Waals surface area contributed by atoms with Crippen LogP contribution in [0.5, 0.6) is 0 Å². The van der Waals surface area contributed by atoms with Gasteiger partial charge in [0.25, 0.3) is 5.91 Å². The molecule has 1 aliphatic rings. The van der Waals surface area contributed by atoms with E-state index in [1.807, 2.05) is 30.3 Å². The van der Waals surface area contributed by atoms with Gasteiger partial charge in [-0.3, -0.25) is 19.3 Å². The first-order valence-electron chi connectivity index (χ1n) is 9.61. The van der Waals surface area contributed by atoms with Crippen molar-refractivity contribution in [1.82, 2.24) is 20.1 Å². The van der Waals surface area contributed by atoms with E-state index in [1.165, 1.54) is 35.6 Å². The number of hydrogen-bond acceptors (Lipinski definition) is 6. The van der Waals surface area contributed by atoms with Crippen molar-refractivity contribution < 1.29 is 14.0 Å². The van der Waals surface area contributed by atoms with E-state index in [1.54, 1.807) is 11.0 Å². The predicted molar refractivity (Wildman–Crippen MR) is 111 cm³/mol. The zero-order valence-corrected chi connectivity index (χ0v) is 16.4. The highest BCUT2D eigenvalue weighted by Crippen LogP contribution is 2.25. The average molecular weight is 421 g/mol. The zero-order chi connectivity index (χ0) is 21.8. The molecule has 1 aromatic heterocycles. The Balaban J connectivity index is 1.57. The summed E-state index contributed by atoms with van der Waals surface area (Å²) in [6, 6.07) is 13.7. The Morgan fingerprint density at radius 3 is 2.55 bits per heavy atom. The van der Waals surface area contributed by atoms with E-state index < -0.39 is 29.7 Å². The van der Waals surface area contributed by atoms with Crippen LogP contribution in [0, 0.1) is 5.82 Å². The van der Waals surface area contributed by atoms with Crippen molar-refractivity contribution in [2.45, 2.75) is 25.0 Å². The van der Waals surface area contributed by atoms with Crippen LogP contribution in [0.1, 0.15) is 18.0 Å². The van der Waals surface area contributed by atoms with Crippen LogP contribution in [-0.2, 0) is 16.1 Å². The summed E-state index contributed by atoms with van der Waals surface area (Å²) in [5, 5.41) is 12.7. The Labute approximate surface area is 177 Å². The Morgan fingerprint density at radius 2 is 1.90 bits per heavy atom. The van der Waals surface area contributed by atoms with Crippen molar-refractivity contribution in [3.05, 3.63) is 78.6 Å². The number of amides is 2. The van der Waals surface area contributed by atoms with E-state index in [9.17, 15) is 14.0 Å². The normalized spacial score (nSPS) is 16.6. The second-order valence-electron chi connectivity index (χ2n) is 7.04. The lowest BCUT2D eigenvalue weighted by Gasteiger charge is -2.20. The summed E-state index contributed by atoms with van der Waals surface area (Å²) in [5.74, 6) is -1.47. The van der Waals surface area contributed by atoms with Crippen LogP contribution in [0.15, 0.2) is 72.4 Å². The van der Waals surface area contributed by atoms with Crippen molar-refractivity contribution in [3.8, 4) is 0 Å². The van der Waals surface area contributed by atoms with Gasteiger partial charge in [0.2, 0.25) is 5.91 Å². The fraction of sp³-hybridized carbons (Fsp3) is 0.190. The minimum atomic E-state index is -0.836. The van der Waals surface area contributed by atoms with Gasteiger partial charge in [0.15, 0.2) is 0 Å². The largest absolute Gasteiger partial charge is 0.368 e. The molecule has 0 saturated carbocycles. The number of carbonyl (C=O) groups excluding carboxylic acids is 2. The molecule has 3 aromatic rings. The van der Waals surface area contributed by atoms with Gasteiger partial charge >= 0.3 is 0 Å². The van der Waals surface area contributed by atoms with Gasteiger partial charge in [-0.05, 0) is 29.8 Å². The summed E-state index contributed by atoms with van der Waals surface area (Å²) in [6.07, 6.45) is 3.03. The first-order valence-corrected chi connectivity index (χ1v) is 9.61. The maximum absolute atomic E-state index is 13.3. The average Bonchev–Trinajstić information content (AvgIpc) is 3.44. The lowest BCUT2D eigenvalue weighted by molar-refractivity contribution is -0.119. The molecule has 158 valence electrons. The lowest BCUT2D eigenvalue weighted by atomic mass is 10.1. The molecule has 4 rings (SSSR count). The standard InChI is InChI=1S/C21H20FN7O2/c22-15-6-8-16(9-7-15)29-19(20(23)30)10-17(27-29)21(31)26-18(11-28-13-24-12-25-28)14-4-2-1-3-5-14/h1-9,12-13,18-19H,10-11H2,(H2,23,30)(H,26,31). The predicted octanol–water partition coefficient (Wildman–Crippen LogP) is 1.39. The number of halogens is 1. The topological polar surface area (TPSA) is 118 Å². The quantitative estimate of drug-likeness (QED) is 0.598. The summed E-state index contributed by atoms with van der Waals surface area (Å²) in [7, 11) is 0. The van der Waals surface area contributed by atoms with Gasteiger partial charge in [0, 0.05) is 6.42 Å². The van der Waals surface area contributed by atoms with E-state index >= 15 is 0 Å². The van der Waals surface area contributed by atoms with E-state index in [4.69, 9.17) is 5.73 Å². The van der Waals surface area contributed by atoms with Gasteiger partial charge in [0.1, 0.15) is 30.2 Å². The summed E-state index contributed by atoms with van der Waals surface area (Å²) in [5.41, 5.74) is 7.03. The maximum atomic E-state index is 13.3. The molecule has 31 heavy (non-hydrogen) atoms. The molecule has 3 N–H and O–H groups in total. The van der Waals surface area contributed by atoms with E-state index in [2.05, 4.69) is 20.5 Å². The third kappa shape index (κ3) is 4.58. The number of hydrazone groups is 1. The summed E-state index contributed by atoms with van der Waals surface area (Å²) in [6.45, 7) is 0.365. The smallest absolute Gasteiger partial charge is 0.268 e. The molecule has 2 unspecified atom stereocenters. The number of anilines is 1. The van der Waals surface area contributed by atoms with E-state index in [-0.39, 0.29) is 12.1 Å². The maximum Gasteiger partial charge on any atom is 0.268 e. The molecule has 0 spiro atoms. The minimum absolute atomic E-state index is 0.0450. The third-order valence-corrected chi connectivity index (χ3v) is 4.94. The number of primary amides is 1. The molecule has 0 bridgehead atoms. The molecular weight excluding hydrogens is 401 g/mol. The number of hydrogen-bond donors (Lipinski definition) is 2. The fourth-order valence-electron chi connectivity index (χ4n) is 3.38. The van der Waals surface area contributed by atoms with Gasteiger partial charge in [-0.2, -0.15) is 10.2 Å². The first kappa shape index (κ1) is 20.2. The Bertz CT molecular complexity index is 1080. The Hall–Kier alpha value is -4.08. The number of benzene rings is 2. The van der Waals surface area contributed by atoms with Crippen LogP contribution in [-0.4, -0.2) is 38.3 Å². The van der Waals surface area contributed by atoms with Crippen LogP contribution in [0.25, 0.3) is 0 Å². The van der Waals surface area contributed by atoms with Crippen LogP contribution >= 0.6 is 0 Å². The van der Waals surface area contributed by atoms with Gasteiger partial charge in [-0.15, -0.1) is 0 Å². The molecule has 2 atom stereocenters. The van der Waals surface area contributed by atoms with E-state index in [0.717, 1.165) is 5.56 Å². The molecule has 2 amide bonds. The SMILES string of the molecule is NC(=O)C1CC(C(=O)NC(Cn2cncn2)c2ccccc2)=NN1c1ccc(F)cc1.